The van der Waals surface area contributed by atoms with E-state index >= 15 is 0 Å². The third-order valence-electron chi connectivity index (χ3n) is 2.78. The number of aromatic nitrogens is 3. The van der Waals surface area contributed by atoms with Crippen LogP contribution in [-0.2, 0) is 11.2 Å². The van der Waals surface area contributed by atoms with E-state index in [0.29, 0.717) is 13.0 Å². The SMILES string of the molecule is CC#CC(O)CCOCCCCCCc1cn[nH]n1. The summed E-state index contributed by atoms with van der Waals surface area (Å²) in [6.45, 7) is 3.06. The quantitative estimate of drug-likeness (QED) is 0.499. The highest BCUT2D eigenvalue weighted by Gasteiger charge is 1.99. The van der Waals surface area contributed by atoms with E-state index in [2.05, 4.69) is 27.3 Å². The molecular weight excluding hydrogens is 242 g/mol. The highest BCUT2D eigenvalue weighted by Crippen LogP contribution is 2.05. The first kappa shape index (κ1) is 15.7. The van der Waals surface area contributed by atoms with Crippen LogP contribution in [0.4, 0.5) is 0 Å². The highest BCUT2D eigenvalue weighted by molar-refractivity contribution is 5.01. The van der Waals surface area contributed by atoms with Crippen LogP contribution in [0.25, 0.3) is 0 Å². The Hall–Kier alpha value is -1.38. The second kappa shape index (κ2) is 10.5. The maximum atomic E-state index is 9.35. The molecule has 0 bridgehead atoms. The summed E-state index contributed by atoms with van der Waals surface area (Å²) < 4.78 is 5.45. The zero-order chi connectivity index (χ0) is 13.8. The molecule has 19 heavy (non-hydrogen) atoms. The van der Waals surface area contributed by atoms with E-state index in [1.165, 1.54) is 6.42 Å². The number of aromatic amines is 1. The number of unbranched alkanes of at least 4 members (excludes halogenated alkanes) is 3. The molecule has 1 aromatic heterocycles. The van der Waals surface area contributed by atoms with E-state index in [1.807, 2.05) is 0 Å². The minimum atomic E-state index is -0.549. The predicted molar refractivity (Wildman–Crippen MR) is 73.4 cm³/mol. The van der Waals surface area contributed by atoms with Gasteiger partial charge in [0.2, 0.25) is 0 Å². The molecule has 0 saturated heterocycles. The van der Waals surface area contributed by atoms with Gasteiger partial charge in [-0.2, -0.15) is 15.4 Å². The Kier molecular flexibility index (Phi) is 8.69. The summed E-state index contributed by atoms with van der Waals surface area (Å²) in [5, 5.41) is 19.7. The lowest BCUT2D eigenvalue weighted by molar-refractivity contribution is 0.0983. The maximum absolute atomic E-state index is 9.35. The van der Waals surface area contributed by atoms with Crippen molar-refractivity contribution in [1.82, 2.24) is 15.4 Å². The smallest absolute Gasteiger partial charge is 0.116 e. The van der Waals surface area contributed by atoms with Crippen molar-refractivity contribution in [1.29, 1.82) is 0 Å². The number of rotatable bonds is 10. The Balaban J connectivity index is 1.82. The first-order chi connectivity index (χ1) is 9.33. The Morgan fingerprint density at radius 2 is 2.16 bits per heavy atom. The molecule has 1 atom stereocenters. The van der Waals surface area contributed by atoms with Crippen molar-refractivity contribution in [3.8, 4) is 11.8 Å². The molecule has 0 aromatic carbocycles. The second-order valence-corrected chi connectivity index (χ2v) is 4.44. The standard InChI is InChI=1S/C14H23N3O2/c1-2-7-14(18)9-11-19-10-6-4-3-5-8-13-12-15-17-16-13/h12,14,18H,3-6,8-11H2,1H3,(H,15,16,17). The molecule has 1 heterocycles. The van der Waals surface area contributed by atoms with Crippen molar-refractivity contribution in [2.24, 2.45) is 0 Å². The zero-order valence-corrected chi connectivity index (χ0v) is 11.6. The summed E-state index contributed by atoms with van der Waals surface area (Å²) in [7, 11) is 0. The van der Waals surface area contributed by atoms with Crippen LogP contribution in [-0.4, -0.2) is 39.8 Å². The number of H-pyrrole nitrogens is 1. The molecule has 2 N–H and O–H groups in total. The molecule has 106 valence electrons. The van der Waals surface area contributed by atoms with Crippen LogP contribution in [0.3, 0.4) is 0 Å². The van der Waals surface area contributed by atoms with E-state index in [9.17, 15) is 5.11 Å². The Morgan fingerprint density at radius 3 is 2.89 bits per heavy atom. The third kappa shape index (κ3) is 8.36. The fourth-order valence-corrected chi connectivity index (χ4v) is 1.75. The molecule has 5 heteroatoms. The number of aryl methyl sites for hydroxylation is 1. The Labute approximate surface area is 114 Å². The second-order valence-electron chi connectivity index (χ2n) is 4.44. The largest absolute Gasteiger partial charge is 0.381 e. The summed E-state index contributed by atoms with van der Waals surface area (Å²) in [4.78, 5) is 0. The van der Waals surface area contributed by atoms with E-state index in [1.54, 1.807) is 13.1 Å². The third-order valence-corrected chi connectivity index (χ3v) is 2.78. The minimum absolute atomic E-state index is 0.549. The summed E-state index contributed by atoms with van der Waals surface area (Å²) in [6, 6.07) is 0. The molecule has 0 aliphatic rings. The number of hydrogen-bond donors (Lipinski definition) is 2. The summed E-state index contributed by atoms with van der Waals surface area (Å²) in [5.41, 5.74) is 1.03. The van der Waals surface area contributed by atoms with E-state index in [0.717, 1.165) is 38.0 Å². The minimum Gasteiger partial charge on any atom is -0.381 e. The maximum Gasteiger partial charge on any atom is 0.116 e. The van der Waals surface area contributed by atoms with Gasteiger partial charge >= 0.3 is 0 Å². The van der Waals surface area contributed by atoms with Gasteiger partial charge in [-0.3, -0.25) is 0 Å². The average molecular weight is 265 g/mol. The number of nitrogens with one attached hydrogen (secondary N) is 1. The molecule has 0 spiro atoms. The molecule has 1 rings (SSSR count). The lowest BCUT2D eigenvalue weighted by Crippen LogP contribution is -2.08. The first-order valence-electron chi connectivity index (χ1n) is 6.85. The van der Waals surface area contributed by atoms with E-state index in [-0.39, 0.29) is 0 Å². The fraction of sp³-hybridized carbons (Fsp3) is 0.714. The first-order valence-corrected chi connectivity index (χ1v) is 6.85. The molecule has 0 aliphatic carbocycles. The van der Waals surface area contributed by atoms with Gasteiger partial charge in [-0.15, -0.1) is 5.92 Å². The number of aliphatic hydroxyl groups is 1. The molecular formula is C14H23N3O2. The van der Waals surface area contributed by atoms with Gasteiger partial charge in [0.05, 0.1) is 11.9 Å². The summed E-state index contributed by atoms with van der Waals surface area (Å²) in [5.74, 6) is 5.38. The van der Waals surface area contributed by atoms with Crippen LogP contribution in [0.2, 0.25) is 0 Å². The van der Waals surface area contributed by atoms with Crippen LogP contribution in [0, 0.1) is 11.8 Å². The van der Waals surface area contributed by atoms with Crippen LogP contribution in [0.5, 0.6) is 0 Å². The monoisotopic (exact) mass is 265 g/mol. The fourth-order valence-electron chi connectivity index (χ4n) is 1.75. The molecule has 0 radical (unpaired) electrons. The van der Waals surface area contributed by atoms with E-state index < -0.39 is 6.10 Å². The van der Waals surface area contributed by atoms with Gasteiger partial charge in [0.1, 0.15) is 6.10 Å². The van der Waals surface area contributed by atoms with Crippen molar-refractivity contribution in [3.63, 3.8) is 0 Å². The van der Waals surface area contributed by atoms with Gasteiger partial charge in [-0.1, -0.05) is 18.8 Å². The van der Waals surface area contributed by atoms with Crippen molar-refractivity contribution in [3.05, 3.63) is 11.9 Å². The number of ether oxygens (including phenoxy) is 1. The Bertz CT molecular complexity index is 368. The summed E-state index contributed by atoms with van der Waals surface area (Å²) >= 11 is 0. The van der Waals surface area contributed by atoms with Crippen LogP contribution < -0.4 is 0 Å². The van der Waals surface area contributed by atoms with Crippen molar-refractivity contribution in [2.45, 2.75) is 51.6 Å². The number of hydrogen-bond acceptors (Lipinski definition) is 4. The van der Waals surface area contributed by atoms with Crippen LogP contribution in [0.1, 0.15) is 44.7 Å². The zero-order valence-electron chi connectivity index (χ0n) is 11.6. The topological polar surface area (TPSA) is 71.0 Å². The summed E-state index contributed by atoms with van der Waals surface area (Å²) in [6.07, 6.45) is 7.34. The molecule has 5 nitrogen and oxygen atoms in total. The number of nitrogens with zero attached hydrogens (tertiary/aromatic N) is 2. The molecule has 1 aromatic rings. The molecule has 0 fully saturated rings. The van der Waals surface area contributed by atoms with Gasteiger partial charge < -0.3 is 9.84 Å². The average Bonchev–Trinajstić information content (AvgIpc) is 2.90. The Morgan fingerprint density at radius 1 is 1.32 bits per heavy atom. The van der Waals surface area contributed by atoms with Crippen molar-refractivity contribution >= 4 is 0 Å². The van der Waals surface area contributed by atoms with Gasteiger partial charge in [0.25, 0.3) is 0 Å². The van der Waals surface area contributed by atoms with Crippen molar-refractivity contribution < 1.29 is 9.84 Å². The lowest BCUT2D eigenvalue weighted by Gasteiger charge is -2.05. The normalized spacial score (nSPS) is 11.9. The highest BCUT2D eigenvalue weighted by atomic mass is 16.5. The predicted octanol–water partition coefficient (Wildman–Crippen LogP) is 1.70. The molecule has 0 amide bonds. The molecule has 0 saturated carbocycles. The molecule has 1 unspecified atom stereocenters. The van der Waals surface area contributed by atoms with Crippen molar-refractivity contribution in [2.75, 3.05) is 13.2 Å². The van der Waals surface area contributed by atoms with Crippen LogP contribution in [0.15, 0.2) is 6.20 Å². The van der Waals surface area contributed by atoms with Gasteiger partial charge in [0, 0.05) is 19.6 Å². The lowest BCUT2D eigenvalue weighted by atomic mass is 10.1. The van der Waals surface area contributed by atoms with Gasteiger partial charge in [-0.25, -0.2) is 0 Å². The van der Waals surface area contributed by atoms with Gasteiger partial charge in [-0.05, 0) is 26.2 Å². The number of aliphatic hydroxyl groups excluding tert-OH is 1. The van der Waals surface area contributed by atoms with Crippen LogP contribution >= 0.6 is 0 Å². The molecule has 0 aliphatic heterocycles. The van der Waals surface area contributed by atoms with Gasteiger partial charge in [0.15, 0.2) is 0 Å². The van der Waals surface area contributed by atoms with E-state index in [4.69, 9.17) is 4.74 Å².